The predicted molar refractivity (Wildman–Crippen MR) is 115 cm³/mol. The van der Waals surface area contributed by atoms with Gasteiger partial charge in [0, 0.05) is 23.6 Å². The second-order valence-electron chi connectivity index (χ2n) is 6.65. The maximum absolute atomic E-state index is 8.89. The van der Waals surface area contributed by atoms with Crippen LogP contribution in [0.4, 0.5) is 23.1 Å². The van der Waals surface area contributed by atoms with Gasteiger partial charge in [0.05, 0.1) is 17.7 Å². The minimum absolute atomic E-state index is 0.458. The first-order valence-corrected chi connectivity index (χ1v) is 9.05. The summed E-state index contributed by atoms with van der Waals surface area (Å²) < 4.78 is 0. The molecule has 0 aliphatic carbocycles. The largest absolute Gasteiger partial charge is 0.340 e. The first kappa shape index (κ1) is 19.6. The molecule has 142 valence electrons. The van der Waals surface area contributed by atoms with E-state index in [2.05, 4.69) is 44.9 Å². The van der Waals surface area contributed by atoms with Gasteiger partial charge in [-0.3, -0.25) is 0 Å². The topological polar surface area (TPSA) is 97.4 Å². The average molecular weight is 380 g/mol. The number of hydrogen-bond acceptors (Lipinski definition) is 6. The van der Waals surface area contributed by atoms with Gasteiger partial charge < -0.3 is 10.6 Å². The number of nitriles is 2. The van der Waals surface area contributed by atoms with Crippen molar-refractivity contribution in [2.45, 2.75) is 20.8 Å². The van der Waals surface area contributed by atoms with Gasteiger partial charge in [0.1, 0.15) is 5.82 Å². The van der Waals surface area contributed by atoms with Crippen LogP contribution in [0.3, 0.4) is 0 Å². The summed E-state index contributed by atoms with van der Waals surface area (Å²) in [5.41, 5.74) is 6.45. The lowest BCUT2D eigenvalue weighted by Crippen LogP contribution is -2.03. The number of rotatable bonds is 5. The van der Waals surface area contributed by atoms with Crippen LogP contribution in [0.2, 0.25) is 0 Å². The molecule has 0 saturated carbocycles. The highest BCUT2D eigenvalue weighted by Gasteiger charge is 2.08. The van der Waals surface area contributed by atoms with Crippen LogP contribution in [-0.4, -0.2) is 9.97 Å². The molecule has 0 aliphatic rings. The number of allylic oxidation sites excluding steroid dienone is 2. The van der Waals surface area contributed by atoms with Crippen molar-refractivity contribution in [1.29, 1.82) is 10.5 Å². The van der Waals surface area contributed by atoms with Crippen molar-refractivity contribution in [3.05, 3.63) is 77.0 Å². The van der Waals surface area contributed by atoms with Gasteiger partial charge in [-0.25, -0.2) is 4.98 Å². The van der Waals surface area contributed by atoms with Crippen molar-refractivity contribution in [3.63, 3.8) is 0 Å². The molecule has 0 radical (unpaired) electrons. The quantitative estimate of drug-likeness (QED) is 0.577. The van der Waals surface area contributed by atoms with E-state index in [1.165, 1.54) is 0 Å². The first-order chi connectivity index (χ1) is 14.0. The molecule has 29 heavy (non-hydrogen) atoms. The molecule has 3 rings (SSSR count). The summed E-state index contributed by atoms with van der Waals surface area (Å²) in [6.45, 7) is 5.97. The lowest BCUT2D eigenvalue weighted by Gasteiger charge is -2.15. The number of anilines is 4. The maximum atomic E-state index is 8.89. The van der Waals surface area contributed by atoms with Crippen LogP contribution in [0, 0.1) is 36.5 Å². The Morgan fingerprint density at radius 1 is 1.00 bits per heavy atom. The fraction of sp³-hybridized carbons (Fsp3) is 0.130. The molecule has 3 aromatic rings. The highest BCUT2D eigenvalue weighted by molar-refractivity contribution is 5.73. The standard InChI is InChI=1S/C23H20N6/c1-15(8-10-24)19-12-16(2)22(17(3)13-19)28-21-9-11-26-23(29-21)27-20-6-4-18(14-25)5-7-20/h4-9,11-13H,1-3H3,(H2,26,27,28,29)/b15-8+. The van der Waals surface area contributed by atoms with Crippen molar-refractivity contribution in [2.75, 3.05) is 10.6 Å². The fourth-order valence-corrected chi connectivity index (χ4v) is 2.94. The van der Waals surface area contributed by atoms with Gasteiger partial charge in [-0.15, -0.1) is 0 Å². The van der Waals surface area contributed by atoms with Gasteiger partial charge in [0.25, 0.3) is 0 Å². The Kier molecular flexibility index (Phi) is 5.87. The number of nitrogens with one attached hydrogen (secondary N) is 2. The van der Waals surface area contributed by atoms with Crippen LogP contribution in [0.5, 0.6) is 0 Å². The monoisotopic (exact) mass is 380 g/mol. The molecule has 2 aromatic carbocycles. The van der Waals surface area contributed by atoms with Gasteiger partial charge >= 0.3 is 0 Å². The molecule has 0 amide bonds. The van der Waals surface area contributed by atoms with E-state index in [0.29, 0.717) is 17.3 Å². The molecule has 0 fully saturated rings. The molecule has 1 aromatic heterocycles. The first-order valence-electron chi connectivity index (χ1n) is 9.05. The molecule has 0 saturated heterocycles. The third-order valence-corrected chi connectivity index (χ3v) is 4.45. The Morgan fingerprint density at radius 3 is 2.31 bits per heavy atom. The summed E-state index contributed by atoms with van der Waals surface area (Å²) in [6, 6.07) is 17.2. The molecule has 1 heterocycles. The van der Waals surface area contributed by atoms with Crippen molar-refractivity contribution < 1.29 is 0 Å². The lowest BCUT2D eigenvalue weighted by atomic mass is 9.99. The summed E-state index contributed by atoms with van der Waals surface area (Å²) >= 11 is 0. The number of aromatic nitrogens is 2. The molecule has 6 nitrogen and oxygen atoms in total. The van der Waals surface area contributed by atoms with E-state index in [-0.39, 0.29) is 0 Å². The van der Waals surface area contributed by atoms with Gasteiger partial charge in [-0.1, -0.05) is 0 Å². The molecule has 0 unspecified atom stereocenters. The fourth-order valence-electron chi connectivity index (χ4n) is 2.94. The molecule has 0 aliphatic heterocycles. The summed E-state index contributed by atoms with van der Waals surface area (Å²) in [6.07, 6.45) is 3.23. The third-order valence-electron chi connectivity index (χ3n) is 4.45. The van der Waals surface area contributed by atoms with Crippen molar-refractivity contribution >= 4 is 28.7 Å². The SMILES string of the molecule is C/C(=C\C#N)c1cc(C)c(Nc2ccnc(Nc3ccc(C#N)cc3)n2)c(C)c1. The van der Waals surface area contributed by atoms with Gasteiger partial charge in [0.15, 0.2) is 0 Å². The molecule has 6 heteroatoms. The van der Waals surface area contributed by atoms with E-state index in [9.17, 15) is 0 Å². The second kappa shape index (κ2) is 8.69. The molecule has 2 N–H and O–H groups in total. The Labute approximate surface area is 170 Å². The van der Waals surface area contributed by atoms with Crippen molar-refractivity contribution in [1.82, 2.24) is 9.97 Å². The Bertz CT molecular complexity index is 1120. The van der Waals surface area contributed by atoms with Crippen LogP contribution >= 0.6 is 0 Å². The van der Waals surface area contributed by atoms with E-state index in [1.54, 1.807) is 30.5 Å². The van der Waals surface area contributed by atoms with Gasteiger partial charge in [-0.05, 0) is 85.5 Å². The average Bonchev–Trinajstić information content (AvgIpc) is 2.71. The molecular weight excluding hydrogens is 360 g/mol. The number of hydrogen-bond donors (Lipinski definition) is 2. The number of aryl methyl sites for hydroxylation is 2. The van der Waals surface area contributed by atoms with E-state index in [4.69, 9.17) is 10.5 Å². The van der Waals surface area contributed by atoms with E-state index < -0.39 is 0 Å². The summed E-state index contributed by atoms with van der Waals surface area (Å²) in [7, 11) is 0. The van der Waals surface area contributed by atoms with Crippen LogP contribution in [0.15, 0.2) is 54.7 Å². The molecule has 0 bridgehead atoms. The van der Waals surface area contributed by atoms with Crippen LogP contribution in [0.1, 0.15) is 29.2 Å². The van der Waals surface area contributed by atoms with Crippen molar-refractivity contribution in [2.24, 2.45) is 0 Å². The summed E-state index contributed by atoms with van der Waals surface area (Å²) in [4.78, 5) is 8.78. The van der Waals surface area contributed by atoms with E-state index >= 15 is 0 Å². The highest BCUT2D eigenvalue weighted by Crippen LogP contribution is 2.28. The molecular formula is C23H20N6. The normalized spacial score (nSPS) is 10.7. The predicted octanol–water partition coefficient (Wildman–Crippen LogP) is 5.38. The zero-order valence-electron chi connectivity index (χ0n) is 16.5. The van der Waals surface area contributed by atoms with Gasteiger partial charge in [0.2, 0.25) is 5.95 Å². The Morgan fingerprint density at radius 2 is 1.69 bits per heavy atom. The zero-order chi connectivity index (χ0) is 20.8. The Hall–Kier alpha value is -4.16. The maximum Gasteiger partial charge on any atom is 0.229 e. The van der Waals surface area contributed by atoms with Crippen LogP contribution in [0.25, 0.3) is 5.57 Å². The van der Waals surface area contributed by atoms with E-state index in [0.717, 1.165) is 33.6 Å². The lowest BCUT2D eigenvalue weighted by molar-refractivity contribution is 1.16. The number of benzene rings is 2. The Balaban J connectivity index is 1.82. The van der Waals surface area contributed by atoms with Crippen molar-refractivity contribution in [3.8, 4) is 12.1 Å². The minimum Gasteiger partial charge on any atom is -0.340 e. The zero-order valence-corrected chi connectivity index (χ0v) is 16.5. The van der Waals surface area contributed by atoms with Gasteiger partial charge in [-0.2, -0.15) is 15.5 Å². The minimum atomic E-state index is 0.458. The number of nitrogens with zero attached hydrogens (tertiary/aromatic N) is 4. The van der Waals surface area contributed by atoms with Crippen LogP contribution < -0.4 is 10.6 Å². The summed E-state index contributed by atoms with van der Waals surface area (Å²) in [5, 5.41) is 24.3. The molecule has 0 atom stereocenters. The van der Waals surface area contributed by atoms with E-state index in [1.807, 2.05) is 32.9 Å². The molecule has 0 spiro atoms. The van der Waals surface area contributed by atoms with Crippen LogP contribution in [-0.2, 0) is 0 Å². The highest BCUT2D eigenvalue weighted by atomic mass is 15.1. The third kappa shape index (κ3) is 4.77. The summed E-state index contributed by atoms with van der Waals surface area (Å²) in [5.74, 6) is 1.12. The second-order valence-corrected chi connectivity index (χ2v) is 6.65. The smallest absolute Gasteiger partial charge is 0.229 e.